The zero-order chi connectivity index (χ0) is 26.0. The minimum atomic E-state index is -4.28. The lowest BCUT2D eigenvalue weighted by Gasteiger charge is -2.28. The number of sulfonamides is 1. The lowest BCUT2D eigenvalue weighted by Crippen LogP contribution is -2.41. The first kappa shape index (κ1) is 27.0. The molecule has 0 saturated carbocycles. The van der Waals surface area contributed by atoms with Crippen LogP contribution in [0.5, 0.6) is 0 Å². The van der Waals surface area contributed by atoms with Crippen molar-refractivity contribution in [2.75, 3.05) is 11.9 Å². The van der Waals surface area contributed by atoms with E-state index in [0.29, 0.717) is 12.4 Å². The molecule has 3 heterocycles. The Morgan fingerprint density at radius 3 is 2.57 bits per heavy atom. The molecule has 3 rings (SSSR count). The minimum absolute atomic E-state index is 0.0454. The zero-order valence-corrected chi connectivity index (χ0v) is 21.8. The number of aromatic nitrogens is 2. The number of rotatable bonds is 8. The van der Waals surface area contributed by atoms with Crippen molar-refractivity contribution >= 4 is 51.0 Å². The Kier molecular flexibility index (Phi) is 8.13. The number of nitrogens with one attached hydrogen (secondary N) is 2. The van der Waals surface area contributed by atoms with Gasteiger partial charge in [0.05, 0.1) is 5.56 Å². The van der Waals surface area contributed by atoms with Gasteiger partial charge < -0.3 is 15.3 Å². The van der Waals surface area contributed by atoms with E-state index in [0.717, 1.165) is 19.3 Å². The van der Waals surface area contributed by atoms with Gasteiger partial charge in [0, 0.05) is 18.1 Å². The summed E-state index contributed by atoms with van der Waals surface area (Å²) in [5, 5.41) is 12.1. The number of halogens is 2. The summed E-state index contributed by atoms with van der Waals surface area (Å²) in [7, 11) is -4.28. The Morgan fingerprint density at radius 2 is 1.94 bits per heavy atom. The van der Waals surface area contributed by atoms with Crippen LogP contribution in [0.1, 0.15) is 50.4 Å². The van der Waals surface area contributed by atoms with E-state index < -0.39 is 27.6 Å². The number of carboxylic acid groups (broad SMARTS) is 1. The van der Waals surface area contributed by atoms with Crippen molar-refractivity contribution in [3.8, 4) is 0 Å². The van der Waals surface area contributed by atoms with E-state index in [1.54, 1.807) is 6.07 Å². The maximum absolute atomic E-state index is 12.7. The highest BCUT2D eigenvalue weighted by atomic mass is 35.5. The van der Waals surface area contributed by atoms with Crippen LogP contribution in [-0.4, -0.2) is 58.5 Å². The first-order chi connectivity index (χ1) is 16.3. The van der Waals surface area contributed by atoms with Gasteiger partial charge >= 0.3 is 6.09 Å². The van der Waals surface area contributed by atoms with Crippen LogP contribution in [0.25, 0.3) is 0 Å². The molecule has 2 amide bonds. The average molecular weight is 544 g/mol. The van der Waals surface area contributed by atoms with Gasteiger partial charge in [-0.1, -0.05) is 29.3 Å². The van der Waals surface area contributed by atoms with E-state index in [1.165, 1.54) is 29.2 Å². The van der Waals surface area contributed by atoms with Gasteiger partial charge in [-0.3, -0.25) is 4.79 Å². The predicted molar refractivity (Wildman–Crippen MR) is 132 cm³/mol. The van der Waals surface area contributed by atoms with Crippen LogP contribution in [0, 0.1) is 5.92 Å². The quantitative estimate of drug-likeness (QED) is 0.419. The summed E-state index contributed by atoms with van der Waals surface area (Å²) in [6.07, 6.45) is 1.43. The van der Waals surface area contributed by atoms with Gasteiger partial charge in [0.2, 0.25) is 0 Å². The molecule has 1 fully saturated rings. The minimum Gasteiger partial charge on any atom is -0.465 e. The van der Waals surface area contributed by atoms with E-state index in [4.69, 9.17) is 23.2 Å². The molecule has 0 radical (unpaired) electrons. The first-order valence-electron chi connectivity index (χ1n) is 10.9. The summed E-state index contributed by atoms with van der Waals surface area (Å²) in [5.41, 5.74) is -0.534. The van der Waals surface area contributed by atoms with E-state index in [9.17, 15) is 23.1 Å². The summed E-state index contributed by atoms with van der Waals surface area (Å²) in [5.74, 6) is -0.380. The molecule has 190 valence electrons. The van der Waals surface area contributed by atoms with Gasteiger partial charge in [-0.05, 0) is 70.2 Å². The number of likely N-dealkylation sites (tertiary alicyclic amines) is 1. The number of hydrogen-bond acceptors (Lipinski definition) is 7. The Balaban J connectivity index is 1.61. The number of carbonyl (C=O) groups is 2. The molecular formula is C22H27Cl2N5O5S. The molecule has 2 aromatic rings. The number of anilines is 1. The van der Waals surface area contributed by atoms with Crippen molar-refractivity contribution in [3.05, 3.63) is 46.2 Å². The van der Waals surface area contributed by atoms with Crippen LogP contribution in [-0.2, 0) is 10.0 Å². The fourth-order valence-electron chi connectivity index (χ4n) is 4.18. The number of amides is 2. The van der Waals surface area contributed by atoms with Crippen LogP contribution < -0.4 is 10.0 Å². The summed E-state index contributed by atoms with van der Waals surface area (Å²) < 4.78 is 27.4. The second-order valence-corrected chi connectivity index (χ2v) is 11.5. The molecule has 0 spiro atoms. The molecule has 10 nitrogen and oxygen atoms in total. The molecule has 0 aliphatic carbocycles. The molecule has 2 unspecified atom stereocenters. The molecule has 2 atom stereocenters. The predicted octanol–water partition coefficient (Wildman–Crippen LogP) is 4.26. The van der Waals surface area contributed by atoms with E-state index in [1.807, 2.05) is 25.5 Å². The molecule has 13 heteroatoms. The van der Waals surface area contributed by atoms with Crippen LogP contribution >= 0.6 is 23.2 Å². The SMILES string of the molecule is CC(CCC1CN(C(=O)O)C(C)(C)C1)Nc1cccc(S(=O)(=O)NC(=O)c2ccc(Cl)nc2Cl)n1. The van der Waals surface area contributed by atoms with Crippen LogP contribution in [0.4, 0.5) is 10.6 Å². The second-order valence-electron chi connectivity index (χ2n) is 9.17. The Labute approximate surface area is 214 Å². The van der Waals surface area contributed by atoms with Crippen molar-refractivity contribution in [1.82, 2.24) is 19.6 Å². The van der Waals surface area contributed by atoms with Crippen molar-refractivity contribution in [1.29, 1.82) is 0 Å². The van der Waals surface area contributed by atoms with E-state index in [2.05, 4.69) is 15.3 Å². The van der Waals surface area contributed by atoms with Gasteiger partial charge in [0.25, 0.3) is 15.9 Å². The maximum Gasteiger partial charge on any atom is 0.407 e. The van der Waals surface area contributed by atoms with Crippen LogP contribution in [0.2, 0.25) is 10.3 Å². The summed E-state index contributed by atoms with van der Waals surface area (Å²) in [6, 6.07) is 6.97. The molecule has 35 heavy (non-hydrogen) atoms. The average Bonchev–Trinajstić information content (AvgIpc) is 3.06. The van der Waals surface area contributed by atoms with Gasteiger partial charge in [-0.2, -0.15) is 8.42 Å². The van der Waals surface area contributed by atoms with Crippen molar-refractivity contribution in [2.24, 2.45) is 5.92 Å². The molecular weight excluding hydrogens is 517 g/mol. The third-order valence-corrected chi connectivity index (χ3v) is 7.61. The largest absolute Gasteiger partial charge is 0.465 e. The Bertz CT molecular complexity index is 1220. The molecule has 2 aromatic heterocycles. The molecule has 3 N–H and O–H groups in total. The van der Waals surface area contributed by atoms with Crippen molar-refractivity contribution in [2.45, 2.75) is 56.6 Å². The second kappa shape index (κ2) is 10.5. The molecule has 1 aliphatic rings. The molecule has 0 bridgehead atoms. The maximum atomic E-state index is 12.7. The lowest BCUT2D eigenvalue weighted by molar-refractivity contribution is 0.0980. The smallest absolute Gasteiger partial charge is 0.407 e. The summed E-state index contributed by atoms with van der Waals surface area (Å²) in [4.78, 5) is 33.2. The van der Waals surface area contributed by atoms with Crippen LogP contribution in [0.3, 0.4) is 0 Å². The highest BCUT2D eigenvalue weighted by Crippen LogP contribution is 2.35. The van der Waals surface area contributed by atoms with E-state index >= 15 is 0 Å². The van der Waals surface area contributed by atoms with E-state index in [-0.39, 0.29) is 32.9 Å². The lowest BCUT2D eigenvalue weighted by atomic mass is 9.92. The highest BCUT2D eigenvalue weighted by molar-refractivity contribution is 7.90. The highest BCUT2D eigenvalue weighted by Gasteiger charge is 2.40. The van der Waals surface area contributed by atoms with Gasteiger partial charge in [0.15, 0.2) is 5.03 Å². The summed E-state index contributed by atoms with van der Waals surface area (Å²) in [6.45, 7) is 6.28. The van der Waals surface area contributed by atoms with Gasteiger partial charge in [0.1, 0.15) is 16.1 Å². The van der Waals surface area contributed by atoms with Crippen LogP contribution in [0.15, 0.2) is 35.4 Å². The first-order valence-corrected chi connectivity index (χ1v) is 13.2. The fourth-order valence-corrected chi connectivity index (χ4v) is 5.55. The molecule has 0 aromatic carbocycles. The third-order valence-electron chi connectivity index (χ3n) is 5.88. The fraction of sp³-hybridized carbons (Fsp3) is 0.455. The van der Waals surface area contributed by atoms with Crippen molar-refractivity contribution in [3.63, 3.8) is 0 Å². The van der Waals surface area contributed by atoms with Gasteiger partial charge in [-0.25, -0.2) is 19.5 Å². The standard InChI is InChI=1S/C22H27Cl2N5O5S/c1-13(7-8-14-11-22(2,3)29(12-14)21(31)32)25-17-5-4-6-18(27-17)35(33,34)28-20(30)15-9-10-16(23)26-19(15)24/h4-6,9-10,13-14H,7-8,11-12H2,1-3H3,(H,25,27)(H,28,30)(H,31,32). The molecule has 1 aliphatic heterocycles. The van der Waals surface area contributed by atoms with Gasteiger partial charge in [-0.15, -0.1) is 0 Å². The Morgan fingerprint density at radius 1 is 1.23 bits per heavy atom. The normalized spacial score (nSPS) is 18.2. The number of nitrogens with zero attached hydrogens (tertiary/aromatic N) is 3. The number of pyridine rings is 2. The molecule has 1 saturated heterocycles. The topological polar surface area (TPSA) is 142 Å². The van der Waals surface area contributed by atoms with Crippen molar-refractivity contribution < 1.29 is 23.1 Å². The zero-order valence-electron chi connectivity index (χ0n) is 19.5. The third kappa shape index (κ3) is 6.74. The Hall–Kier alpha value is -2.63. The summed E-state index contributed by atoms with van der Waals surface area (Å²) >= 11 is 11.6. The number of carbonyl (C=O) groups excluding carboxylic acids is 1. The number of hydrogen-bond donors (Lipinski definition) is 3. The monoisotopic (exact) mass is 543 g/mol.